The fraction of sp³-hybridized carbons (Fsp3) is 0.343. The number of nitrogens with one attached hydrogen (secondary N) is 4. The summed E-state index contributed by atoms with van der Waals surface area (Å²) in [4.78, 5) is 33.6. The molecule has 0 radical (unpaired) electrons. The standard InChI is InChI=1S/C35H37Cl2N11/c36-26-5-1-24(2-6-26)19-34(10-15-47(16-11-34)32-28-9-14-38-30(28)40-22-43-32)45-46-35(20-25-3-7-27(37)8-4-25)12-17-48(18-13-35)33-29-31(41-21-39-29)42-23-44-33/h1-9,14,21-23,45-46H,10-13,15-20H2,(H,38,40,43)(H,39,41,42,44). The van der Waals surface area contributed by atoms with Gasteiger partial charge in [-0.25, -0.2) is 24.9 Å². The zero-order chi connectivity index (χ0) is 32.6. The molecule has 6 heterocycles. The van der Waals surface area contributed by atoms with Crippen LogP contribution in [0.5, 0.6) is 0 Å². The van der Waals surface area contributed by atoms with Crippen LogP contribution in [0.3, 0.4) is 0 Å². The molecule has 11 nitrogen and oxygen atoms in total. The number of hydrogen-bond acceptors (Lipinski definition) is 9. The SMILES string of the molecule is Clc1ccc(CC2(NNC3(Cc4ccc(Cl)cc4)CCN(c4ncnc5nc[nH]c45)CC3)CCN(c3ncnc4[nH]ccc34)CC2)cc1. The second kappa shape index (κ2) is 13.0. The minimum Gasteiger partial charge on any atom is -0.356 e. The summed E-state index contributed by atoms with van der Waals surface area (Å²) in [5, 5.41) is 2.55. The molecular weight excluding hydrogens is 645 g/mol. The molecule has 0 saturated carbocycles. The molecule has 0 spiro atoms. The van der Waals surface area contributed by atoms with E-state index in [1.807, 2.05) is 30.5 Å². The molecule has 2 fully saturated rings. The Kier molecular flexibility index (Phi) is 8.37. The van der Waals surface area contributed by atoms with Crippen LogP contribution >= 0.6 is 23.2 Å². The van der Waals surface area contributed by atoms with Crippen molar-refractivity contribution in [1.82, 2.24) is 45.7 Å². The zero-order valence-corrected chi connectivity index (χ0v) is 28.0. The lowest BCUT2D eigenvalue weighted by atomic mass is 9.80. The number of anilines is 2. The second-order valence-corrected chi connectivity index (χ2v) is 14.0. The van der Waals surface area contributed by atoms with Crippen molar-refractivity contribution in [3.05, 3.63) is 101 Å². The van der Waals surface area contributed by atoms with Gasteiger partial charge in [0.05, 0.1) is 11.7 Å². The summed E-state index contributed by atoms with van der Waals surface area (Å²) in [6, 6.07) is 18.6. The molecule has 246 valence electrons. The van der Waals surface area contributed by atoms with Gasteiger partial charge in [0.15, 0.2) is 11.5 Å². The smallest absolute Gasteiger partial charge is 0.182 e. The molecule has 2 aromatic carbocycles. The number of aromatic amines is 2. The molecule has 2 aliphatic heterocycles. The molecule has 0 amide bonds. The van der Waals surface area contributed by atoms with Gasteiger partial charge in [0.25, 0.3) is 0 Å². The van der Waals surface area contributed by atoms with E-state index >= 15 is 0 Å². The van der Waals surface area contributed by atoms with E-state index < -0.39 is 0 Å². The predicted molar refractivity (Wildman–Crippen MR) is 191 cm³/mol. The number of hydrazine groups is 1. The van der Waals surface area contributed by atoms with Gasteiger partial charge in [-0.05, 0) is 80.0 Å². The van der Waals surface area contributed by atoms with Crippen LogP contribution in [0.2, 0.25) is 10.0 Å². The first-order valence-electron chi connectivity index (χ1n) is 16.4. The fourth-order valence-corrected chi connectivity index (χ4v) is 7.59. The van der Waals surface area contributed by atoms with E-state index in [-0.39, 0.29) is 11.1 Å². The summed E-state index contributed by atoms with van der Waals surface area (Å²) in [5.41, 5.74) is 12.5. The highest BCUT2D eigenvalue weighted by molar-refractivity contribution is 6.30. The summed E-state index contributed by atoms with van der Waals surface area (Å²) in [5.74, 6) is 1.88. The number of hydrogen-bond donors (Lipinski definition) is 4. The van der Waals surface area contributed by atoms with E-state index in [2.05, 4.69) is 80.9 Å². The fourth-order valence-electron chi connectivity index (χ4n) is 7.34. The van der Waals surface area contributed by atoms with E-state index in [0.717, 1.165) is 103 Å². The topological polar surface area (TPSA) is 127 Å². The summed E-state index contributed by atoms with van der Waals surface area (Å²) >= 11 is 12.6. The Morgan fingerprint density at radius 2 is 1.17 bits per heavy atom. The summed E-state index contributed by atoms with van der Waals surface area (Å²) < 4.78 is 0. The van der Waals surface area contributed by atoms with Crippen LogP contribution in [-0.4, -0.2) is 72.1 Å². The van der Waals surface area contributed by atoms with Crippen molar-refractivity contribution in [3.8, 4) is 0 Å². The third-order valence-corrected chi connectivity index (χ3v) is 10.6. The molecule has 4 aromatic heterocycles. The zero-order valence-electron chi connectivity index (χ0n) is 26.5. The van der Waals surface area contributed by atoms with Crippen LogP contribution in [0.25, 0.3) is 22.2 Å². The molecule has 2 saturated heterocycles. The van der Waals surface area contributed by atoms with Crippen LogP contribution in [-0.2, 0) is 12.8 Å². The van der Waals surface area contributed by atoms with Gasteiger partial charge in [0.1, 0.15) is 29.6 Å². The minimum absolute atomic E-state index is 0.187. The van der Waals surface area contributed by atoms with Crippen LogP contribution in [0.15, 0.2) is 79.8 Å². The average Bonchev–Trinajstić information content (AvgIpc) is 3.81. The first-order valence-corrected chi connectivity index (χ1v) is 17.2. The van der Waals surface area contributed by atoms with Crippen LogP contribution in [0.1, 0.15) is 36.8 Å². The van der Waals surface area contributed by atoms with Gasteiger partial charge in [0.2, 0.25) is 0 Å². The van der Waals surface area contributed by atoms with Crippen molar-refractivity contribution in [2.45, 2.75) is 49.6 Å². The van der Waals surface area contributed by atoms with Crippen molar-refractivity contribution in [2.24, 2.45) is 0 Å². The maximum atomic E-state index is 6.29. The number of piperidine rings is 2. The quantitative estimate of drug-likeness (QED) is 0.138. The van der Waals surface area contributed by atoms with Crippen molar-refractivity contribution in [2.75, 3.05) is 36.0 Å². The molecular formula is C35H37Cl2N11. The van der Waals surface area contributed by atoms with Crippen LogP contribution in [0.4, 0.5) is 11.6 Å². The summed E-state index contributed by atoms with van der Waals surface area (Å²) in [6.07, 6.45) is 12.3. The first kappa shape index (κ1) is 31.0. The Balaban J connectivity index is 1.05. The molecule has 6 aromatic rings. The van der Waals surface area contributed by atoms with Gasteiger partial charge < -0.3 is 19.8 Å². The third kappa shape index (κ3) is 6.30. The van der Waals surface area contributed by atoms with Crippen molar-refractivity contribution < 1.29 is 0 Å². The van der Waals surface area contributed by atoms with Gasteiger partial charge in [-0.2, -0.15) is 0 Å². The van der Waals surface area contributed by atoms with Gasteiger partial charge in [-0.1, -0.05) is 47.5 Å². The maximum Gasteiger partial charge on any atom is 0.182 e. The normalized spacial score (nSPS) is 17.7. The van der Waals surface area contributed by atoms with E-state index in [4.69, 9.17) is 28.2 Å². The van der Waals surface area contributed by atoms with Crippen molar-refractivity contribution >= 4 is 57.0 Å². The number of rotatable bonds is 9. The maximum absolute atomic E-state index is 6.29. The van der Waals surface area contributed by atoms with Gasteiger partial charge >= 0.3 is 0 Å². The van der Waals surface area contributed by atoms with Gasteiger partial charge in [0, 0.05) is 53.5 Å². The second-order valence-electron chi connectivity index (χ2n) is 13.1. The van der Waals surface area contributed by atoms with E-state index in [0.29, 0.717) is 5.65 Å². The molecule has 0 bridgehead atoms. The summed E-state index contributed by atoms with van der Waals surface area (Å²) in [7, 11) is 0. The van der Waals surface area contributed by atoms with Crippen molar-refractivity contribution in [3.63, 3.8) is 0 Å². The average molecular weight is 683 g/mol. The molecule has 0 aliphatic carbocycles. The van der Waals surface area contributed by atoms with Gasteiger partial charge in [-0.3, -0.25) is 10.9 Å². The Bertz CT molecular complexity index is 1850. The molecule has 2 aliphatic rings. The Morgan fingerprint density at radius 1 is 0.625 bits per heavy atom. The largest absolute Gasteiger partial charge is 0.356 e. The molecule has 0 unspecified atom stereocenters. The molecule has 0 atom stereocenters. The number of imidazole rings is 1. The van der Waals surface area contributed by atoms with E-state index in [9.17, 15) is 0 Å². The minimum atomic E-state index is -0.196. The lowest BCUT2D eigenvalue weighted by Crippen LogP contribution is -2.67. The molecule has 48 heavy (non-hydrogen) atoms. The Hall–Kier alpha value is -4.29. The van der Waals surface area contributed by atoms with Gasteiger partial charge in [-0.15, -0.1) is 0 Å². The van der Waals surface area contributed by atoms with Crippen LogP contribution < -0.4 is 20.7 Å². The molecule has 13 heteroatoms. The van der Waals surface area contributed by atoms with E-state index in [1.54, 1.807) is 19.0 Å². The number of aromatic nitrogens is 7. The predicted octanol–water partition coefficient (Wildman–Crippen LogP) is 5.89. The van der Waals surface area contributed by atoms with Crippen molar-refractivity contribution in [1.29, 1.82) is 0 Å². The molecule has 8 rings (SSSR count). The Labute approximate surface area is 288 Å². The van der Waals surface area contributed by atoms with Crippen LogP contribution in [0, 0.1) is 0 Å². The number of fused-ring (bicyclic) bond motifs is 2. The lowest BCUT2D eigenvalue weighted by molar-refractivity contribution is 0.145. The number of benzene rings is 2. The van der Waals surface area contributed by atoms with E-state index in [1.165, 1.54) is 11.1 Å². The number of H-pyrrole nitrogens is 2. The highest BCUT2D eigenvalue weighted by Crippen LogP contribution is 2.34. The number of halogens is 2. The first-order chi connectivity index (χ1) is 23.5. The number of nitrogens with zero attached hydrogens (tertiary/aromatic N) is 7. The molecule has 4 N–H and O–H groups in total. The summed E-state index contributed by atoms with van der Waals surface area (Å²) in [6.45, 7) is 3.41. The highest BCUT2D eigenvalue weighted by atomic mass is 35.5. The highest BCUT2D eigenvalue weighted by Gasteiger charge is 2.41. The Morgan fingerprint density at radius 3 is 1.77 bits per heavy atom. The third-order valence-electron chi connectivity index (χ3n) is 10.1. The monoisotopic (exact) mass is 681 g/mol. The lowest BCUT2D eigenvalue weighted by Gasteiger charge is -2.48.